The summed E-state index contributed by atoms with van der Waals surface area (Å²) in [6.45, 7) is 0. The Bertz CT molecular complexity index is 615. The fraction of sp³-hybridized carbons (Fsp3) is 0.133. The first-order chi connectivity index (χ1) is 8.83. The van der Waals surface area contributed by atoms with Gasteiger partial charge >= 0.3 is 0 Å². The van der Waals surface area contributed by atoms with Crippen LogP contribution in [0.1, 0.15) is 15.4 Å². The highest BCUT2D eigenvalue weighted by Crippen LogP contribution is 2.33. The second kappa shape index (κ2) is 5.21. The van der Waals surface area contributed by atoms with Gasteiger partial charge in [-0.15, -0.1) is 11.3 Å². The van der Waals surface area contributed by atoms with Gasteiger partial charge in [0, 0.05) is 0 Å². The average molecular weight is 318 g/mol. The van der Waals surface area contributed by atoms with E-state index in [1.54, 1.807) is 11.3 Å². The van der Waals surface area contributed by atoms with Crippen molar-refractivity contribution in [1.82, 2.24) is 4.98 Å². The monoisotopic (exact) mass is 317 g/mol. The summed E-state index contributed by atoms with van der Waals surface area (Å²) in [5.41, 5.74) is 2.42. The van der Waals surface area contributed by atoms with E-state index in [9.17, 15) is 0 Å². The van der Waals surface area contributed by atoms with Crippen molar-refractivity contribution in [1.29, 1.82) is 0 Å². The molecule has 0 saturated heterocycles. The summed E-state index contributed by atoms with van der Waals surface area (Å²) < 4.78 is 1.25. The van der Waals surface area contributed by atoms with E-state index in [4.69, 9.17) is 0 Å². The molecule has 0 aliphatic carbocycles. The number of nitrogens with zero attached hydrogens (tertiary/aromatic N) is 1. The van der Waals surface area contributed by atoms with E-state index in [1.807, 2.05) is 12.1 Å². The molecule has 3 rings (SSSR count). The highest BCUT2D eigenvalue weighted by molar-refractivity contribution is 9.09. The first kappa shape index (κ1) is 11.9. The highest BCUT2D eigenvalue weighted by Gasteiger charge is 2.13. The molecule has 1 aromatic heterocycles. The van der Waals surface area contributed by atoms with Crippen LogP contribution in [0.3, 0.4) is 0 Å². The number of rotatable bonds is 3. The smallest absolute Gasteiger partial charge is 0.108 e. The highest BCUT2D eigenvalue weighted by atomic mass is 79.9. The minimum absolute atomic E-state index is 0.289. The van der Waals surface area contributed by atoms with E-state index >= 15 is 0 Å². The maximum Gasteiger partial charge on any atom is 0.108 e. The second-order valence-electron chi connectivity index (χ2n) is 4.18. The molecule has 1 nitrogen and oxygen atoms in total. The second-order valence-corrected chi connectivity index (χ2v) is 6.34. The van der Waals surface area contributed by atoms with E-state index in [0.29, 0.717) is 0 Å². The maximum atomic E-state index is 4.68. The molecule has 0 fully saturated rings. The van der Waals surface area contributed by atoms with Crippen molar-refractivity contribution in [3.8, 4) is 0 Å². The molecule has 18 heavy (non-hydrogen) atoms. The number of hydrogen-bond acceptors (Lipinski definition) is 2. The molecule has 1 atom stereocenters. The van der Waals surface area contributed by atoms with Crippen LogP contribution in [0, 0.1) is 0 Å². The number of fused-ring (bicyclic) bond motifs is 1. The van der Waals surface area contributed by atoms with Crippen molar-refractivity contribution < 1.29 is 0 Å². The van der Waals surface area contributed by atoms with Crippen LogP contribution >= 0.6 is 27.3 Å². The lowest BCUT2D eigenvalue weighted by Crippen LogP contribution is -1.94. The zero-order valence-corrected chi connectivity index (χ0v) is 12.1. The van der Waals surface area contributed by atoms with Crippen LogP contribution in [0.15, 0.2) is 54.6 Å². The van der Waals surface area contributed by atoms with Gasteiger partial charge < -0.3 is 0 Å². The van der Waals surface area contributed by atoms with Gasteiger partial charge in [0.2, 0.25) is 0 Å². The van der Waals surface area contributed by atoms with Gasteiger partial charge in [-0.1, -0.05) is 58.4 Å². The molecule has 90 valence electrons. The molecule has 3 aromatic rings. The van der Waals surface area contributed by atoms with Crippen molar-refractivity contribution in [2.24, 2.45) is 0 Å². The standard InChI is InChI=1S/C15H12BrNS/c16-12(10-11-6-2-1-3-7-11)15-17-13-8-4-5-9-14(13)18-15/h1-9,12H,10H2. The number of halogens is 1. The Hall–Kier alpha value is -1.19. The first-order valence-corrected chi connectivity index (χ1v) is 7.59. The van der Waals surface area contributed by atoms with Gasteiger partial charge in [0.15, 0.2) is 0 Å². The predicted molar refractivity (Wildman–Crippen MR) is 81.4 cm³/mol. The fourth-order valence-corrected chi connectivity index (χ4v) is 3.63. The molecule has 0 N–H and O–H groups in total. The molecule has 0 aliphatic rings. The van der Waals surface area contributed by atoms with Crippen LogP contribution in [-0.2, 0) is 6.42 Å². The zero-order chi connectivity index (χ0) is 12.4. The molecule has 1 unspecified atom stereocenters. The van der Waals surface area contributed by atoms with Crippen LogP contribution in [-0.4, -0.2) is 4.98 Å². The summed E-state index contributed by atoms with van der Waals surface area (Å²) in [6, 6.07) is 18.8. The van der Waals surface area contributed by atoms with E-state index < -0.39 is 0 Å². The van der Waals surface area contributed by atoms with Gasteiger partial charge in [0.05, 0.1) is 15.0 Å². The third-order valence-electron chi connectivity index (χ3n) is 2.84. The van der Waals surface area contributed by atoms with Gasteiger partial charge in [-0.25, -0.2) is 4.98 Å². The molecular formula is C15H12BrNS. The largest absolute Gasteiger partial charge is 0.240 e. The van der Waals surface area contributed by atoms with Crippen molar-refractivity contribution in [3.05, 3.63) is 65.2 Å². The summed E-state index contributed by atoms with van der Waals surface area (Å²) in [7, 11) is 0. The molecule has 1 heterocycles. The number of aromatic nitrogens is 1. The van der Waals surface area contributed by atoms with E-state index in [1.165, 1.54) is 10.3 Å². The lowest BCUT2D eigenvalue weighted by Gasteiger charge is -2.05. The summed E-state index contributed by atoms with van der Waals surface area (Å²) in [4.78, 5) is 4.97. The Labute approximate surface area is 119 Å². The maximum absolute atomic E-state index is 4.68. The molecule has 0 amide bonds. The van der Waals surface area contributed by atoms with E-state index in [2.05, 4.69) is 63.4 Å². The zero-order valence-electron chi connectivity index (χ0n) is 9.71. The van der Waals surface area contributed by atoms with Crippen LogP contribution in [0.4, 0.5) is 0 Å². The van der Waals surface area contributed by atoms with Crippen LogP contribution in [0.25, 0.3) is 10.2 Å². The Balaban J connectivity index is 1.86. The number of hydrogen-bond donors (Lipinski definition) is 0. The Kier molecular flexibility index (Phi) is 3.43. The third-order valence-corrected chi connectivity index (χ3v) is 5.05. The molecule has 0 saturated carbocycles. The minimum atomic E-state index is 0.289. The predicted octanol–water partition coefficient (Wildman–Crippen LogP) is 4.98. The lowest BCUT2D eigenvalue weighted by atomic mass is 10.1. The first-order valence-electron chi connectivity index (χ1n) is 5.86. The summed E-state index contributed by atoms with van der Waals surface area (Å²) in [5, 5.41) is 1.15. The van der Waals surface area contributed by atoms with Crippen molar-refractivity contribution in [2.75, 3.05) is 0 Å². The Morgan fingerprint density at radius 2 is 1.72 bits per heavy atom. The molecule has 0 aliphatic heterocycles. The lowest BCUT2D eigenvalue weighted by molar-refractivity contribution is 0.938. The minimum Gasteiger partial charge on any atom is -0.240 e. The van der Waals surface area contributed by atoms with Crippen molar-refractivity contribution in [2.45, 2.75) is 11.2 Å². The third kappa shape index (κ3) is 2.47. The van der Waals surface area contributed by atoms with Gasteiger partial charge in [0.1, 0.15) is 5.01 Å². The summed E-state index contributed by atoms with van der Waals surface area (Å²) in [6.07, 6.45) is 0.973. The average Bonchev–Trinajstić information content (AvgIpc) is 2.84. The summed E-state index contributed by atoms with van der Waals surface area (Å²) >= 11 is 5.52. The van der Waals surface area contributed by atoms with Crippen LogP contribution in [0.2, 0.25) is 0 Å². The normalized spacial score (nSPS) is 12.7. The Morgan fingerprint density at radius 1 is 1.00 bits per heavy atom. The number of alkyl halides is 1. The molecular weight excluding hydrogens is 306 g/mol. The SMILES string of the molecule is BrC(Cc1ccccc1)c1nc2ccccc2s1. The summed E-state index contributed by atoms with van der Waals surface area (Å²) in [5.74, 6) is 0. The Morgan fingerprint density at radius 3 is 2.50 bits per heavy atom. The van der Waals surface area contributed by atoms with Gasteiger partial charge in [0.25, 0.3) is 0 Å². The number of benzene rings is 2. The molecule has 0 spiro atoms. The van der Waals surface area contributed by atoms with E-state index in [-0.39, 0.29) is 4.83 Å². The fourth-order valence-electron chi connectivity index (χ4n) is 1.93. The quantitative estimate of drug-likeness (QED) is 0.621. The van der Waals surface area contributed by atoms with Crippen LogP contribution < -0.4 is 0 Å². The molecule has 3 heteroatoms. The van der Waals surface area contributed by atoms with Gasteiger partial charge in [-0.05, 0) is 24.1 Å². The van der Waals surface area contributed by atoms with Gasteiger partial charge in [-0.2, -0.15) is 0 Å². The van der Waals surface area contributed by atoms with Crippen molar-refractivity contribution >= 4 is 37.5 Å². The number of para-hydroxylation sites is 1. The van der Waals surface area contributed by atoms with Crippen molar-refractivity contribution in [3.63, 3.8) is 0 Å². The molecule has 0 bridgehead atoms. The topological polar surface area (TPSA) is 12.9 Å². The molecule has 2 aromatic carbocycles. The molecule has 0 radical (unpaired) electrons. The number of thiazole rings is 1. The van der Waals surface area contributed by atoms with Crippen LogP contribution in [0.5, 0.6) is 0 Å². The van der Waals surface area contributed by atoms with E-state index in [0.717, 1.165) is 16.9 Å². The van der Waals surface area contributed by atoms with Gasteiger partial charge in [-0.3, -0.25) is 0 Å².